The van der Waals surface area contributed by atoms with Gasteiger partial charge in [-0.05, 0) is 25.0 Å². The number of nitrogens with two attached hydrogens (primary N) is 1. The number of para-hydroxylation sites is 1. The van der Waals surface area contributed by atoms with Crippen molar-refractivity contribution in [2.24, 2.45) is 11.7 Å². The van der Waals surface area contributed by atoms with Crippen LogP contribution in [0.15, 0.2) is 24.3 Å². The first kappa shape index (κ1) is 17.5. The van der Waals surface area contributed by atoms with Gasteiger partial charge in [-0.2, -0.15) is 0 Å². The van der Waals surface area contributed by atoms with Gasteiger partial charge in [-0.1, -0.05) is 26.0 Å². The molecular formula is C15H22N4O3. The molecule has 0 unspecified atom stereocenters. The van der Waals surface area contributed by atoms with Crippen molar-refractivity contribution in [3.63, 3.8) is 0 Å². The summed E-state index contributed by atoms with van der Waals surface area (Å²) in [4.78, 5) is 34.9. The summed E-state index contributed by atoms with van der Waals surface area (Å²) in [6, 6.07) is 5.08. The van der Waals surface area contributed by atoms with E-state index in [2.05, 4.69) is 16.0 Å². The zero-order valence-corrected chi connectivity index (χ0v) is 13.0. The maximum Gasteiger partial charge on any atom is 0.312 e. The van der Waals surface area contributed by atoms with Crippen LogP contribution in [0.5, 0.6) is 0 Å². The highest BCUT2D eigenvalue weighted by Crippen LogP contribution is 2.15. The SMILES string of the molecule is CC(C)CNC(=O)c1ccccc1NC(=O)[C@H](C)NC(N)=O. The van der Waals surface area contributed by atoms with Crippen LogP contribution in [0, 0.1) is 5.92 Å². The molecule has 0 bridgehead atoms. The summed E-state index contributed by atoms with van der Waals surface area (Å²) in [6.45, 7) is 6.03. The lowest BCUT2D eigenvalue weighted by Crippen LogP contribution is -2.44. The second-order valence-electron chi connectivity index (χ2n) is 5.37. The summed E-state index contributed by atoms with van der Waals surface area (Å²) in [7, 11) is 0. The summed E-state index contributed by atoms with van der Waals surface area (Å²) in [6.07, 6.45) is 0. The Kier molecular flexibility index (Phi) is 6.37. The van der Waals surface area contributed by atoms with Crippen LogP contribution >= 0.6 is 0 Å². The zero-order chi connectivity index (χ0) is 16.7. The smallest absolute Gasteiger partial charge is 0.312 e. The summed E-state index contributed by atoms with van der Waals surface area (Å²) < 4.78 is 0. The van der Waals surface area contributed by atoms with Gasteiger partial charge in [0.1, 0.15) is 6.04 Å². The number of benzene rings is 1. The van der Waals surface area contributed by atoms with Crippen LogP contribution in [0.25, 0.3) is 0 Å². The lowest BCUT2D eigenvalue weighted by atomic mass is 10.1. The molecule has 0 saturated heterocycles. The Morgan fingerprint density at radius 1 is 1.14 bits per heavy atom. The second-order valence-corrected chi connectivity index (χ2v) is 5.37. The molecule has 1 atom stereocenters. The fraction of sp³-hybridized carbons (Fsp3) is 0.400. The Labute approximate surface area is 129 Å². The van der Waals surface area contributed by atoms with E-state index < -0.39 is 18.0 Å². The molecule has 1 aromatic rings. The predicted molar refractivity (Wildman–Crippen MR) is 84.4 cm³/mol. The summed E-state index contributed by atoms with van der Waals surface area (Å²) >= 11 is 0. The number of hydrogen-bond acceptors (Lipinski definition) is 3. The maximum atomic E-state index is 12.1. The van der Waals surface area contributed by atoms with E-state index in [9.17, 15) is 14.4 Å². The number of rotatable bonds is 6. The van der Waals surface area contributed by atoms with E-state index >= 15 is 0 Å². The number of carbonyl (C=O) groups is 3. The summed E-state index contributed by atoms with van der Waals surface area (Å²) in [5.41, 5.74) is 5.72. The third-order valence-electron chi connectivity index (χ3n) is 2.85. The Hall–Kier alpha value is -2.57. The van der Waals surface area contributed by atoms with E-state index in [0.717, 1.165) is 0 Å². The highest BCUT2D eigenvalue weighted by molar-refractivity contribution is 6.05. The van der Waals surface area contributed by atoms with Crippen LogP contribution in [-0.2, 0) is 4.79 Å². The summed E-state index contributed by atoms with van der Waals surface area (Å²) in [5.74, 6) is -0.395. The van der Waals surface area contributed by atoms with Gasteiger partial charge in [0.05, 0.1) is 11.3 Å². The van der Waals surface area contributed by atoms with Gasteiger partial charge in [-0.3, -0.25) is 9.59 Å². The highest BCUT2D eigenvalue weighted by atomic mass is 16.2. The molecule has 0 heterocycles. The number of anilines is 1. The molecule has 7 heteroatoms. The molecule has 1 aromatic carbocycles. The van der Waals surface area contributed by atoms with Gasteiger partial charge >= 0.3 is 6.03 Å². The zero-order valence-electron chi connectivity index (χ0n) is 13.0. The molecule has 0 spiro atoms. The molecule has 0 radical (unpaired) electrons. The lowest BCUT2D eigenvalue weighted by Gasteiger charge is -2.15. The predicted octanol–water partition coefficient (Wildman–Crippen LogP) is 1.07. The van der Waals surface area contributed by atoms with Crippen molar-refractivity contribution in [3.05, 3.63) is 29.8 Å². The van der Waals surface area contributed by atoms with Gasteiger partial charge in [-0.15, -0.1) is 0 Å². The minimum atomic E-state index is -0.802. The van der Waals surface area contributed by atoms with Crippen molar-refractivity contribution < 1.29 is 14.4 Å². The molecule has 0 aliphatic carbocycles. The molecule has 0 aliphatic rings. The van der Waals surface area contributed by atoms with Crippen LogP contribution in [0.1, 0.15) is 31.1 Å². The number of amides is 4. The standard InChI is InChI=1S/C15H22N4O3/c1-9(2)8-17-14(21)11-6-4-5-7-12(11)19-13(20)10(3)18-15(16)22/h4-7,9-10H,8H2,1-3H3,(H,17,21)(H,19,20)(H3,16,18,22)/t10-/m0/s1. The van der Waals surface area contributed by atoms with Gasteiger partial charge in [0, 0.05) is 6.54 Å². The minimum Gasteiger partial charge on any atom is -0.352 e. The first-order valence-electron chi connectivity index (χ1n) is 7.05. The molecule has 0 saturated carbocycles. The van der Waals surface area contributed by atoms with Crippen LogP contribution < -0.4 is 21.7 Å². The Morgan fingerprint density at radius 3 is 2.36 bits per heavy atom. The van der Waals surface area contributed by atoms with Crippen molar-refractivity contribution in [1.82, 2.24) is 10.6 Å². The molecular weight excluding hydrogens is 284 g/mol. The number of hydrogen-bond donors (Lipinski definition) is 4. The quantitative estimate of drug-likeness (QED) is 0.630. The highest BCUT2D eigenvalue weighted by Gasteiger charge is 2.17. The van der Waals surface area contributed by atoms with E-state index in [1.807, 2.05) is 13.8 Å². The van der Waals surface area contributed by atoms with E-state index in [0.29, 0.717) is 23.7 Å². The average Bonchev–Trinajstić information content (AvgIpc) is 2.44. The molecule has 7 nitrogen and oxygen atoms in total. The van der Waals surface area contributed by atoms with Gasteiger partial charge < -0.3 is 21.7 Å². The first-order valence-corrected chi connectivity index (χ1v) is 7.05. The monoisotopic (exact) mass is 306 g/mol. The Morgan fingerprint density at radius 2 is 1.77 bits per heavy atom. The van der Waals surface area contributed by atoms with Crippen molar-refractivity contribution in [1.29, 1.82) is 0 Å². The van der Waals surface area contributed by atoms with Crippen molar-refractivity contribution >= 4 is 23.5 Å². The fourth-order valence-corrected chi connectivity index (χ4v) is 1.70. The third kappa shape index (κ3) is 5.43. The molecule has 0 aliphatic heterocycles. The van der Waals surface area contributed by atoms with Gasteiger partial charge in [0.15, 0.2) is 0 Å². The van der Waals surface area contributed by atoms with Crippen LogP contribution in [0.2, 0.25) is 0 Å². The van der Waals surface area contributed by atoms with E-state index in [1.165, 1.54) is 6.92 Å². The Balaban J connectivity index is 2.81. The second kappa shape index (κ2) is 8.02. The van der Waals surface area contributed by atoms with Crippen molar-refractivity contribution in [2.45, 2.75) is 26.8 Å². The number of carbonyl (C=O) groups excluding carboxylic acids is 3. The van der Waals surface area contributed by atoms with Gasteiger partial charge in [-0.25, -0.2) is 4.79 Å². The molecule has 5 N–H and O–H groups in total. The largest absolute Gasteiger partial charge is 0.352 e. The molecule has 0 fully saturated rings. The van der Waals surface area contributed by atoms with Crippen LogP contribution in [-0.4, -0.2) is 30.4 Å². The van der Waals surface area contributed by atoms with Crippen LogP contribution in [0.3, 0.4) is 0 Å². The van der Waals surface area contributed by atoms with E-state index in [1.54, 1.807) is 24.3 Å². The first-order chi connectivity index (χ1) is 10.3. The lowest BCUT2D eigenvalue weighted by molar-refractivity contribution is -0.117. The average molecular weight is 306 g/mol. The fourth-order valence-electron chi connectivity index (χ4n) is 1.70. The van der Waals surface area contributed by atoms with Crippen molar-refractivity contribution in [3.8, 4) is 0 Å². The van der Waals surface area contributed by atoms with E-state index in [-0.39, 0.29) is 5.91 Å². The number of urea groups is 1. The van der Waals surface area contributed by atoms with E-state index in [4.69, 9.17) is 5.73 Å². The van der Waals surface area contributed by atoms with Crippen molar-refractivity contribution in [2.75, 3.05) is 11.9 Å². The van der Waals surface area contributed by atoms with Gasteiger partial charge in [0.2, 0.25) is 5.91 Å². The number of nitrogens with one attached hydrogen (secondary N) is 3. The molecule has 120 valence electrons. The number of primary amides is 1. The molecule has 1 rings (SSSR count). The molecule has 22 heavy (non-hydrogen) atoms. The Bertz CT molecular complexity index is 557. The summed E-state index contributed by atoms with van der Waals surface area (Å²) in [5, 5.41) is 7.69. The maximum absolute atomic E-state index is 12.1. The molecule has 0 aromatic heterocycles. The minimum absolute atomic E-state index is 0.264. The topological polar surface area (TPSA) is 113 Å². The third-order valence-corrected chi connectivity index (χ3v) is 2.85. The molecule has 4 amide bonds. The van der Waals surface area contributed by atoms with Gasteiger partial charge in [0.25, 0.3) is 5.91 Å². The van der Waals surface area contributed by atoms with Crippen LogP contribution in [0.4, 0.5) is 10.5 Å². The normalized spacial score (nSPS) is 11.6.